The van der Waals surface area contributed by atoms with Crippen LogP contribution in [0.4, 0.5) is 5.82 Å². The van der Waals surface area contributed by atoms with Gasteiger partial charge in [0.25, 0.3) is 5.91 Å². The number of para-hydroxylation sites is 2. The second-order valence-electron chi connectivity index (χ2n) is 6.33. The lowest BCUT2D eigenvalue weighted by Gasteiger charge is -2.04. The van der Waals surface area contributed by atoms with Gasteiger partial charge in [0.15, 0.2) is 5.65 Å². The molecule has 0 radical (unpaired) electrons. The number of anilines is 1. The van der Waals surface area contributed by atoms with Crippen LogP contribution in [-0.2, 0) is 0 Å². The molecule has 0 aliphatic rings. The maximum Gasteiger partial charge on any atom is 0.257 e. The highest BCUT2D eigenvalue weighted by Gasteiger charge is 2.23. The van der Waals surface area contributed by atoms with Crippen LogP contribution < -0.4 is 11.1 Å². The SMILES string of the molecule is CCCCNC(=O)c1c(N)n(N=Cc2ccco2)c2nc3ccccc3nc12. The predicted octanol–water partition coefficient (Wildman–Crippen LogP) is 3.17. The fourth-order valence-corrected chi connectivity index (χ4v) is 2.93. The average molecular weight is 376 g/mol. The molecule has 0 aliphatic heterocycles. The molecule has 1 amide bonds. The molecular formula is C20H20N6O2. The number of unbranched alkanes of at least 4 members (excludes halogenated alkanes) is 1. The Morgan fingerprint density at radius 1 is 1.25 bits per heavy atom. The van der Waals surface area contributed by atoms with E-state index in [9.17, 15) is 4.79 Å². The van der Waals surface area contributed by atoms with Gasteiger partial charge in [-0.15, -0.1) is 0 Å². The summed E-state index contributed by atoms with van der Waals surface area (Å²) >= 11 is 0. The quantitative estimate of drug-likeness (QED) is 0.396. The first-order chi connectivity index (χ1) is 13.7. The van der Waals surface area contributed by atoms with Gasteiger partial charge in [-0.1, -0.05) is 25.5 Å². The zero-order valence-electron chi connectivity index (χ0n) is 15.4. The van der Waals surface area contributed by atoms with E-state index in [1.54, 1.807) is 18.4 Å². The van der Waals surface area contributed by atoms with Gasteiger partial charge in [0.05, 0.1) is 23.5 Å². The van der Waals surface area contributed by atoms with Crippen molar-refractivity contribution in [3.05, 3.63) is 54.0 Å². The number of carbonyl (C=O) groups is 1. The molecule has 0 spiro atoms. The minimum atomic E-state index is -0.285. The Kier molecular flexibility index (Phi) is 4.76. The van der Waals surface area contributed by atoms with E-state index in [0.717, 1.165) is 12.8 Å². The summed E-state index contributed by atoms with van der Waals surface area (Å²) in [6.45, 7) is 2.63. The summed E-state index contributed by atoms with van der Waals surface area (Å²) in [7, 11) is 0. The van der Waals surface area contributed by atoms with Gasteiger partial charge in [-0.25, -0.2) is 9.97 Å². The molecule has 0 bridgehead atoms. The molecule has 8 heteroatoms. The molecule has 0 saturated heterocycles. The van der Waals surface area contributed by atoms with E-state index in [-0.39, 0.29) is 17.3 Å². The third kappa shape index (κ3) is 3.20. The molecule has 0 unspecified atom stereocenters. The zero-order chi connectivity index (χ0) is 19.5. The van der Waals surface area contributed by atoms with E-state index in [0.29, 0.717) is 34.5 Å². The summed E-state index contributed by atoms with van der Waals surface area (Å²) in [6.07, 6.45) is 4.94. The number of hydrogen-bond donors (Lipinski definition) is 2. The molecule has 0 fully saturated rings. The van der Waals surface area contributed by atoms with Gasteiger partial charge in [-0.05, 0) is 30.7 Å². The summed E-state index contributed by atoms with van der Waals surface area (Å²) in [5, 5.41) is 7.27. The highest BCUT2D eigenvalue weighted by Crippen LogP contribution is 2.27. The molecule has 3 heterocycles. The second kappa shape index (κ2) is 7.51. The average Bonchev–Trinajstić information content (AvgIpc) is 3.30. The van der Waals surface area contributed by atoms with Crippen molar-refractivity contribution < 1.29 is 9.21 Å². The molecule has 0 aliphatic carbocycles. The number of benzene rings is 1. The van der Waals surface area contributed by atoms with Crippen molar-refractivity contribution in [2.75, 3.05) is 12.3 Å². The fraction of sp³-hybridized carbons (Fsp3) is 0.200. The number of aromatic nitrogens is 3. The van der Waals surface area contributed by atoms with Gasteiger partial charge in [-0.2, -0.15) is 9.78 Å². The van der Waals surface area contributed by atoms with Crippen molar-refractivity contribution in [2.24, 2.45) is 5.10 Å². The monoisotopic (exact) mass is 376 g/mol. The van der Waals surface area contributed by atoms with E-state index < -0.39 is 0 Å². The van der Waals surface area contributed by atoms with E-state index in [2.05, 4.69) is 27.3 Å². The van der Waals surface area contributed by atoms with Crippen molar-refractivity contribution >= 4 is 40.1 Å². The van der Waals surface area contributed by atoms with Gasteiger partial charge < -0.3 is 15.5 Å². The topological polar surface area (TPSA) is 111 Å². The van der Waals surface area contributed by atoms with Crippen molar-refractivity contribution in [3.8, 4) is 0 Å². The Morgan fingerprint density at radius 3 is 2.75 bits per heavy atom. The number of nitrogen functional groups attached to an aromatic ring is 1. The van der Waals surface area contributed by atoms with Gasteiger partial charge in [0.1, 0.15) is 22.7 Å². The molecule has 3 N–H and O–H groups in total. The summed E-state index contributed by atoms with van der Waals surface area (Å²) in [6, 6.07) is 11.0. The summed E-state index contributed by atoms with van der Waals surface area (Å²) in [4.78, 5) is 22.1. The predicted molar refractivity (Wildman–Crippen MR) is 108 cm³/mol. The molecule has 3 aromatic heterocycles. The maximum atomic E-state index is 12.8. The van der Waals surface area contributed by atoms with Crippen molar-refractivity contribution in [2.45, 2.75) is 19.8 Å². The number of rotatable bonds is 6. The fourth-order valence-electron chi connectivity index (χ4n) is 2.93. The van der Waals surface area contributed by atoms with Crippen LogP contribution >= 0.6 is 0 Å². The molecule has 4 aromatic rings. The van der Waals surface area contributed by atoms with Gasteiger partial charge >= 0.3 is 0 Å². The largest absolute Gasteiger partial charge is 0.463 e. The summed E-state index contributed by atoms with van der Waals surface area (Å²) in [5.74, 6) is 0.457. The summed E-state index contributed by atoms with van der Waals surface area (Å²) in [5.41, 5.74) is 8.79. The molecule has 0 atom stereocenters. The Bertz CT molecular complexity index is 1160. The smallest absolute Gasteiger partial charge is 0.257 e. The second-order valence-corrected chi connectivity index (χ2v) is 6.33. The molecular weight excluding hydrogens is 356 g/mol. The van der Waals surface area contributed by atoms with Crippen LogP contribution in [0, 0.1) is 0 Å². The number of carbonyl (C=O) groups excluding carboxylic acids is 1. The van der Waals surface area contributed by atoms with Crippen LogP contribution in [0.1, 0.15) is 35.9 Å². The van der Waals surface area contributed by atoms with Crippen LogP contribution in [0.25, 0.3) is 22.2 Å². The number of nitrogens with zero attached hydrogens (tertiary/aromatic N) is 4. The number of nitrogens with two attached hydrogens (primary N) is 1. The van der Waals surface area contributed by atoms with E-state index in [1.807, 2.05) is 24.3 Å². The Morgan fingerprint density at radius 2 is 2.04 bits per heavy atom. The Balaban J connectivity index is 1.88. The minimum absolute atomic E-state index is 0.183. The lowest BCUT2D eigenvalue weighted by molar-refractivity contribution is 0.0955. The van der Waals surface area contributed by atoms with E-state index in [1.165, 1.54) is 10.9 Å². The zero-order valence-corrected chi connectivity index (χ0v) is 15.4. The van der Waals surface area contributed by atoms with Crippen LogP contribution in [0.15, 0.2) is 52.2 Å². The Labute approximate surface area is 161 Å². The third-order valence-corrected chi connectivity index (χ3v) is 4.36. The first-order valence-electron chi connectivity index (χ1n) is 9.11. The molecule has 0 saturated carbocycles. The van der Waals surface area contributed by atoms with Crippen LogP contribution in [0.2, 0.25) is 0 Å². The summed E-state index contributed by atoms with van der Waals surface area (Å²) < 4.78 is 6.70. The van der Waals surface area contributed by atoms with Crippen LogP contribution in [-0.4, -0.2) is 33.3 Å². The highest BCUT2D eigenvalue weighted by molar-refractivity contribution is 6.10. The number of nitrogens with one attached hydrogen (secondary N) is 1. The van der Waals surface area contributed by atoms with Gasteiger partial charge in [-0.3, -0.25) is 4.79 Å². The number of fused-ring (bicyclic) bond motifs is 2. The van der Waals surface area contributed by atoms with Crippen molar-refractivity contribution in [1.82, 2.24) is 20.0 Å². The maximum absolute atomic E-state index is 12.8. The molecule has 28 heavy (non-hydrogen) atoms. The van der Waals surface area contributed by atoms with Crippen LogP contribution in [0.3, 0.4) is 0 Å². The van der Waals surface area contributed by atoms with Gasteiger partial charge in [0.2, 0.25) is 0 Å². The van der Waals surface area contributed by atoms with Crippen molar-refractivity contribution in [1.29, 1.82) is 0 Å². The normalized spacial score (nSPS) is 11.6. The minimum Gasteiger partial charge on any atom is -0.463 e. The first kappa shape index (κ1) is 17.7. The van der Waals surface area contributed by atoms with E-state index in [4.69, 9.17) is 10.2 Å². The lowest BCUT2D eigenvalue weighted by atomic mass is 10.2. The number of furan rings is 1. The van der Waals surface area contributed by atoms with E-state index >= 15 is 0 Å². The highest BCUT2D eigenvalue weighted by atomic mass is 16.3. The van der Waals surface area contributed by atoms with Gasteiger partial charge in [0, 0.05) is 6.54 Å². The first-order valence-corrected chi connectivity index (χ1v) is 9.11. The number of hydrogen-bond acceptors (Lipinski definition) is 6. The number of amides is 1. The molecule has 4 rings (SSSR count). The third-order valence-electron chi connectivity index (χ3n) is 4.36. The van der Waals surface area contributed by atoms with Crippen LogP contribution in [0.5, 0.6) is 0 Å². The molecule has 8 nitrogen and oxygen atoms in total. The molecule has 142 valence electrons. The Hall–Kier alpha value is -3.68. The van der Waals surface area contributed by atoms with Crippen molar-refractivity contribution in [3.63, 3.8) is 0 Å². The standard InChI is InChI=1S/C20H20N6O2/c1-2-3-10-22-20(27)16-17-19(25-15-9-5-4-8-14(15)24-17)26(18(16)21)23-12-13-7-6-11-28-13/h4-9,11-12H,2-3,10,21H2,1H3,(H,22,27). The lowest BCUT2D eigenvalue weighted by Crippen LogP contribution is -2.25. The molecule has 1 aromatic carbocycles.